The summed E-state index contributed by atoms with van der Waals surface area (Å²) in [6.45, 7) is 3.69. The minimum absolute atomic E-state index is 0.0283. The van der Waals surface area contributed by atoms with Crippen LogP contribution in [0.5, 0.6) is 0 Å². The van der Waals surface area contributed by atoms with Gasteiger partial charge in [-0.3, -0.25) is 9.59 Å². The van der Waals surface area contributed by atoms with E-state index in [9.17, 15) is 9.59 Å². The number of nitrogens with one attached hydrogen (secondary N) is 2. The van der Waals surface area contributed by atoms with Gasteiger partial charge in [-0.2, -0.15) is 0 Å². The quantitative estimate of drug-likeness (QED) is 0.747. The first-order valence-corrected chi connectivity index (χ1v) is 5.36. The highest BCUT2D eigenvalue weighted by Gasteiger charge is 2.04. The average Bonchev–Trinajstić information content (AvgIpc) is 2.75. The molecule has 2 N–H and O–H groups in total. The fourth-order valence-electron chi connectivity index (χ4n) is 1.14. The lowest BCUT2D eigenvalue weighted by atomic mass is 10.3. The molecule has 1 heterocycles. The van der Waals surface area contributed by atoms with E-state index in [0.29, 0.717) is 5.76 Å². The molecule has 17 heavy (non-hydrogen) atoms. The molecule has 1 rings (SSSR count). The molecule has 0 saturated heterocycles. The molecule has 2 amide bonds. The van der Waals surface area contributed by atoms with Crippen LogP contribution >= 0.6 is 0 Å². The topological polar surface area (TPSA) is 71.3 Å². The van der Waals surface area contributed by atoms with Crippen LogP contribution in [0.4, 0.5) is 0 Å². The Labute approximate surface area is 99.9 Å². The number of hydrogen-bond donors (Lipinski definition) is 2. The molecule has 0 unspecified atom stereocenters. The fraction of sp³-hybridized carbons (Fsp3) is 0.333. The summed E-state index contributed by atoms with van der Waals surface area (Å²) in [5, 5.41) is 5.14. The maximum atomic E-state index is 11.3. The number of amides is 2. The first kappa shape index (κ1) is 13.0. The maximum absolute atomic E-state index is 11.3. The van der Waals surface area contributed by atoms with Crippen LogP contribution in [0.1, 0.15) is 19.6 Å². The molecule has 1 aromatic heterocycles. The molecule has 0 spiro atoms. The van der Waals surface area contributed by atoms with E-state index in [1.54, 1.807) is 12.1 Å². The molecule has 5 heteroatoms. The summed E-state index contributed by atoms with van der Waals surface area (Å²) in [6, 6.07) is 3.53. The van der Waals surface area contributed by atoms with Crippen molar-refractivity contribution in [3.8, 4) is 0 Å². The zero-order chi connectivity index (χ0) is 12.7. The molecule has 0 bridgehead atoms. The Hall–Kier alpha value is -2.04. The lowest BCUT2D eigenvalue weighted by Gasteiger charge is -2.07. The molecular formula is C12H16N2O3. The fourth-order valence-corrected chi connectivity index (χ4v) is 1.14. The van der Waals surface area contributed by atoms with Crippen LogP contribution in [0.25, 0.3) is 6.08 Å². The number of rotatable bonds is 5. The number of hydrogen-bond acceptors (Lipinski definition) is 3. The van der Waals surface area contributed by atoms with Crippen molar-refractivity contribution in [1.29, 1.82) is 0 Å². The number of carbonyl (C=O) groups excluding carboxylic acids is 2. The Morgan fingerprint density at radius 3 is 2.82 bits per heavy atom. The largest absolute Gasteiger partial charge is 0.465 e. The molecule has 0 aliphatic carbocycles. The van der Waals surface area contributed by atoms with Crippen LogP contribution in [0.3, 0.4) is 0 Å². The van der Waals surface area contributed by atoms with E-state index >= 15 is 0 Å². The van der Waals surface area contributed by atoms with Crippen LogP contribution < -0.4 is 10.6 Å². The van der Waals surface area contributed by atoms with Gasteiger partial charge in [0.15, 0.2) is 0 Å². The Morgan fingerprint density at radius 1 is 1.47 bits per heavy atom. The monoisotopic (exact) mass is 236 g/mol. The van der Waals surface area contributed by atoms with Crippen molar-refractivity contribution in [2.45, 2.75) is 19.9 Å². The molecule has 0 aliphatic rings. The second-order valence-corrected chi connectivity index (χ2v) is 3.79. The second kappa shape index (κ2) is 6.52. The summed E-state index contributed by atoms with van der Waals surface area (Å²) in [7, 11) is 0. The van der Waals surface area contributed by atoms with Gasteiger partial charge in [0.2, 0.25) is 11.8 Å². The molecule has 92 valence electrons. The highest BCUT2D eigenvalue weighted by atomic mass is 16.3. The van der Waals surface area contributed by atoms with E-state index < -0.39 is 0 Å². The van der Waals surface area contributed by atoms with Crippen molar-refractivity contribution < 1.29 is 14.0 Å². The molecule has 0 saturated carbocycles. The Morgan fingerprint density at radius 2 is 2.24 bits per heavy atom. The molecule has 1 aromatic rings. The van der Waals surface area contributed by atoms with Crippen LogP contribution in [0, 0.1) is 0 Å². The van der Waals surface area contributed by atoms with Gasteiger partial charge < -0.3 is 15.1 Å². The van der Waals surface area contributed by atoms with Gasteiger partial charge in [0.25, 0.3) is 0 Å². The van der Waals surface area contributed by atoms with Crippen molar-refractivity contribution in [3.05, 3.63) is 30.2 Å². The maximum Gasteiger partial charge on any atom is 0.244 e. The molecule has 5 nitrogen and oxygen atoms in total. The molecule has 0 atom stereocenters. The van der Waals surface area contributed by atoms with Crippen molar-refractivity contribution in [2.24, 2.45) is 0 Å². The lowest BCUT2D eigenvalue weighted by Crippen LogP contribution is -2.39. The zero-order valence-corrected chi connectivity index (χ0v) is 9.90. The molecule has 0 aliphatic heterocycles. The van der Waals surface area contributed by atoms with E-state index in [4.69, 9.17) is 4.42 Å². The number of furan rings is 1. The molecule has 0 fully saturated rings. The van der Waals surface area contributed by atoms with Crippen LogP contribution in [-0.4, -0.2) is 24.4 Å². The van der Waals surface area contributed by atoms with Crippen LogP contribution in [0.2, 0.25) is 0 Å². The summed E-state index contributed by atoms with van der Waals surface area (Å²) < 4.78 is 5.02. The van der Waals surface area contributed by atoms with E-state index in [0.717, 1.165) is 0 Å². The molecule has 0 radical (unpaired) electrons. The highest BCUT2D eigenvalue weighted by molar-refractivity contribution is 5.94. The van der Waals surface area contributed by atoms with Gasteiger partial charge in [0.1, 0.15) is 5.76 Å². The van der Waals surface area contributed by atoms with Crippen LogP contribution in [-0.2, 0) is 9.59 Å². The minimum Gasteiger partial charge on any atom is -0.465 e. The van der Waals surface area contributed by atoms with Crippen molar-refractivity contribution in [2.75, 3.05) is 6.54 Å². The Bertz CT molecular complexity index is 394. The zero-order valence-electron chi connectivity index (χ0n) is 9.90. The number of carbonyl (C=O) groups is 2. The first-order chi connectivity index (χ1) is 8.08. The smallest absolute Gasteiger partial charge is 0.244 e. The van der Waals surface area contributed by atoms with Crippen LogP contribution in [0.15, 0.2) is 28.9 Å². The van der Waals surface area contributed by atoms with Gasteiger partial charge in [0, 0.05) is 12.1 Å². The van der Waals surface area contributed by atoms with E-state index in [2.05, 4.69) is 10.6 Å². The Balaban J connectivity index is 2.28. The van der Waals surface area contributed by atoms with E-state index in [1.807, 2.05) is 13.8 Å². The minimum atomic E-state index is -0.333. The predicted octanol–water partition coefficient (Wildman–Crippen LogP) is 0.934. The van der Waals surface area contributed by atoms with E-state index in [1.165, 1.54) is 18.4 Å². The van der Waals surface area contributed by atoms with E-state index in [-0.39, 0.29) is 24.4 Å². The normalized spacial score (nSPS) is 10.8. The summed E-state index contributed by atoms with van der Waals surface area (Å²) >= 11 is 0. The van der Waals surface area contributed by atoms with Gasteiger partial charge in [-0.15, -0.1) is 0 Å². The summed E-state index contributed by atoms with van der Waals surface area (Å²) in [4.78, 5) is 22.5. The predicted molar refractivity (Wildman–Crippen MR) is 64.0 cm³/mol. The summed E-state index contributed by atoms with van der Waals surface area (Å²) in [5.41, 5.74) is 0. The average molecular weight is 236 g/mol. The third kappa shape index (κ3) is 5.55. The highest BCUT2D eigenvalue weighted by Crippen LogP contribution is 2.01. The van der Waals surface area contributed by atoms with Crippen molar-refractivity contribution >= 4 is 17.9 Å². The standard InChI is InChI=1S/C12H16N2O3/c1-9(2)14-12(16)8-13-11(15)6-5-10-4-3-7-17-10/h3-7,9H,8H2,1-2H3,(H,13,15)(H,14,16). The van der Waals surface area contributed by atoms with Gasteiger partial charge in [-0.05, 0) is 32.1 Å². The third-order valence-corrected chi connectivity index (χ3v) is 1.81. The van der Waals surface area contributed by atoms with Gasteiger partial charge in [-0.25, -0.2) is 0 Å². The van der Waals surface area contributed by atoms with Gasteiger partial charge in [-0.1, -0.05) is 0 Å². The lowest BCUT2D eigenvalue weighted by molar-refractivity contribution is -0.124. The molecule has 0 aromatic carbocycles. The summed E-state index contributed by atoms with van der Waals surface area (Å²) in [6.07, 6.45) is 4.38. The third-order valence-electron chi connectivity index (χ3n) is 1.81. The van der Waals surface area contributed by atoms with Gasteiger partial charge >= 0.3 is 0 Å². The Kier molecular flexibility index (Phi) is 5.00. The van der Waals surface area contributed by atoms with Crippen molar-refractivity contribution in [1.82, 2.24) is 10.6 Å². The summed E-state index contributed by atoms with van der Waals surface area (Å²) in [5.74, 6) is 0.0480. The SMILES string of the molecule is CC(C)NC(=O)CNC(=O)C=Cc1ccco1. The van der Waals surface area contributed by atoms with Gasteiger partial charge in [0.05, 0.1) is 12.8 Å². The molecular weight excluding hydrogens is 220 g/mol. The first-order valence-electron chi connectivity index (χ1n) is 5.36. The van der Waals surface area contributed by atoms with Crippen molar-refractivity contribution in [3.63, 3.8) is 0 Å². The second-order valence-electron chi connectivity index (χ2n) is 3.79.